The number of fused-ring (bicyclic) bond motifs is 1. The van der Waals surface area contributed by atoms with Gasteiger partial charge in [0.1, 0.15) is 12.4 Å². The van der Waals surface area contributed by atoms with Gasteiger partial charge >= 0.3 is 0 Å². The third-order valence-corrected chi connectivity index (χ3v) is 5.21. The maximum atomic E-state index is 6.38. The minimum Gasteiger partial charge on any atom is -0.490 e. The lowest BCUT2D eigenvalue weighted by atomic mass is 9.94. The lowest BCUT2D eigenvalue weighted by molar-refractivity contribution is -0.0372. The molecule has 1 fully saturated rings. The average Bonchev–Trinajstić information content (AvgIpc) is 3.07. The lowest BCUT2D eigenvalue weighted by Gasteiger charge is -2.26. The Hall–Kier alpha value is -2.18. The van der Waals surface area contributed by atoms with E-state index in [0.717, 1.165) is 54.8 Å². The molecule has 2 aromatic heterocycles. The Morgan fingerprint density at radius 2 is 2.26 bits per heavy atom. The molecule has 0 spiro atoms. The third kappa shape index (κ3) is 3.77. The minimum absolute atomic E-state index is 0.0282. The summed E-state index contributed by atoms with van der Waals surface area (Å²) in [5, 5.41) is 5.88. The molecule has 0 radical (unpaired) electrons. The molecule has 2 aliphatic rings. The van der Waals surface area contributed by atoms with Crippen LogP contribution in [0.3, 0.4) is 0 Å². The van der Waals surface area contributed by atoms with Crippen molar-refractivity contribution in [1.29, 1.82) is 0 Å². The van der Waals surface area contributed by atoms with Crippen molar-refractivity contribution in [2.45, 2.75) is 57.2 Å². The lowest BCUT2D eigenvalue weighted by Crippen LogP contribution is -2.43. The Kier molecular flexibility index (Phi) is 5.02. The quantitative estimate of drug-likeness (QED) is 0.868. The van der Waals surface area contributed by atoms with Crippen LogP contribution in [0.25, 0.3) is 11.0 Å². The van der Waals surface area contributed by atoms with Crippen LogP contribution >= 0.6 is 0 Å². The first-order chi connectivity index (χ1) is 13.1. The maximum Gasteiger partial charge on any atom is 0.161 e. The molecule has 27 heavy (non-hydrogen) atoms. The number of nitrogens with two attached hydrogens (primary N) is 1. The summed E-state index contributed by atoms with van der Waals surface area (Å²) in [7, 11) is 0. The first kappa shape index (κ1) is 18.2. The Bertz CT molecular complexity index is 864. The summed E-state index contributed by atoms with van der Waals surface area (Å²) in [6.07, 6.45) is 13.8. The van der Waals surface area contributed by atoms with Gasteiger partial charge in [-0.2, -0.15) is 5.10 Å². The van der Waals surface area contributed by atoms with Gasteiger partial charge in [-0.3, -0.25) is 0 Å². The Balaban J connectivity index is 1.61. The van der Waals surface area contributed by atoms with E-state index in [4.69, 9.17) is 20.3 Å². The van der Waals surface area contributed by atoms with Gasteiger partial charge in [0.05, 0.1) is 17.4 Å². The molecular formula is C21H28N4O2. The van der Waals surface area contributed by atoms with E-state index < -0.39 is 5.54 Å². The smallest absolute Gasteiger partial charge is 0.161 e. The predicted molar refractivity (Wildman–Crippen MR) is 106 cm³/mol. The number of allylic oxidation sites excluding steroid dienone is 2. The molecule has 0 saturated carbocycles. The molecule has 2 unspecified atom stereocenters. The summed E-state index contributed by atoms with van der Waals surface area (Å²) in [5.74, 6) is 1.02. The van der Waals surface area contributed by atoms with Gasteiger partial charge in [0.2, 0.25) is 0 Å². The van der Waals surface area contributed by atoms with Crippen molar-refractivity contribution < 1.29 is 9.47 Å². The zero-order valence-electron chi connectivity index (χ0n) is 16.1. The molecule has 1 saturated heterocycles. The van der Waals surface area contributed by atoms with Crippen LogP contribution in [0.1, 0.15) is 57.4 Å². The van der Waals surface area contributed by atoms with E-state index in [1.165, 1.54) is 0 Å². The molecule has 144 valence electrons. The predicted octanol–water partition coefficient (Wildman–Crippen LogP) is 3.85. The molecule has 2 N–H and O–H groups in total. The highest BCUT2D eigenvalue weighted by Gasteiger charge is 2.25. The molecule has 6 nitrogen and oxygen atoms in total. The molecule has 2 atom stereocenters. The minimum atomic E-state index is -0.468. The van der Waals surface area contributed by atoms with E-state index in [0.29, 0.717) is 12.5 Å². The van der Waals surface area contributed by atoms with Crippen LogP contribution in [0.5, 0.6) is 5.75 Å². The molecule has 0 bridgehead atoms. The Labute approximate surface area is 160 Å². The van der Waals surface area contributed by atoms with Crippen LogP contribution in [-0.2, 0) is 4.74 Å². The molecule has 0 aromatic carbocycles. The summed E-state index contributed by atoms with van der Waals surface area (Å²) in [4.78, 5) is 4.67. The normalized spacial score (nSPS) is 25.4. The van der Waals surface area contributed by atoms with Gasteiger partial charge in [0.15, 0.2) is 11.9 Å². The van der Waals surface area contributed by atoms with Gasteiger partial charge in [0, 0.05) is 12.0 Å². The summed E-state index contributed by atoms with van der Waals surface area (Å²) in [6, 6.07) is 2.04. The second kappa shape index (κ2) is 7.44. The van der Waals surface area contributed by atoms with Crippen LogP contribution in [0.2, 0.25) is 0 Å². The van der Waals surface area contributed by atoms with Gasteiger partial charge in [-0.1, -0.05) is 38.2 Å². The first-order valence-electron chi connectivity index (χ1n) is 9.81. The van der Waals surface area contributed by atoms with Gasteiger partial charge in [-0.05, 0) is 37.7 Å². The summed E-state index contributed by atoms with van der Waals surface area (Å²) >= 11 is 0. The fourth-order valence-electron chi connectivity index (χ4n) is 3.66. The number of ether oxygens (including phenoxy) is 2. The van der Waals surface area contributed by atoms with Crippen LogP contribution in [0, 0.1) is 0 Å². The van der Waals surface area contributed by atoms with Gasteiger partial charge in [-0.25, -0.2) is 9.67 Å². The summed E-state index contributed by atoms with van der Waals surface area (Å²) < 4.78 is 13.9. The van der Waals surface area contributed by atoms with Crippen molar-refractivity contribution in [2.24, 2.45) is 5.73 Å². The van der Waals surface area contributed by atoms with E-state index in [1.54, 1.807) is 6.20 Å². The highest BCUT2D eigenvalue weighted by molar-refractivity contribution is 5.80. The second-order valence-electron chi connectivity index (χ2n) is 7.86. The molecular weight excluding hydrogens is 340 g/mol. The standard InChI is InChI=1S/C21H28N4O2/c1-15(2)19-17-12-16(27-14-21(22)9-5-3-6-10-21)13-23-20(17)25(24-19)18-8-4-7-11-26-18/h3,5-6,9,12-13,15,18H,4,7-8,10-11,14,22H2,1-2H3. The monoisotopic (exact) mass is 368 g/mol. The van der Waals surface area contributed by atoms with Crippen LogP contribution in [0.4, 0.5) is 0 Å². The van der Waals surface area contributed by atoms with E-state index in [1.807, 2.05) is 29.0 Å². The van der Waals surface area contributed by atoms with Crippen molar-refractivity contribution in [3.8, 4) is 5.75 Å². The second-order valence-corrected chi connectivity index (χ2v) is 7.86. The van der Waals surface area contributed by atoms with Gasteiger partial charge < -0.3 is 15.2 Å². The van der Waals surface area contributed by atoms with Crippen LogP contribution in [0.15, 0.2) is 36.6 Å². The zero-order valence-corrected chi connectivity index (χ0v) is 16.1. The zero-order chi connectivity index (χ0) is 18.9. The summed E-state index contributed by atoms with van der Waals surface area (Å²) in [6.45, 7) is 5.49. The average molecular weight is 368 g/mol. The van der Waals surface area contributed by atoms with E-state index in [-0.39, 0.29) is 6.23 Å². The molecule has 1 aliphatic heterocycles. The molecule has 4 rings (SSSR count). The van der Waals surface area contributed by atoms with E-state index in [2.05, 4.69) is 24.9 Å². The summed E-state index contributed by atoms with van der Waals surface area (Å²) in [5.41, 5.74) is 7.81. The molecule has 3 heterocycles. The SMILES string of the molecule is CC(C)c1nn(C2CCCCO2)c2ncc(OCC3(N)C=CC=CC3)cc12. The first-order valence-corrected chi connectivity index (χ1v) is 9.81. The fraction of sp³-hybridized carbons (Fsp3) is 0.524. The van der Waals surface area contributed by atoms with Gasteiger partial charge in [0.25, 0.3) is 0 Å². The van der Waals surface area contributed by atoms with Gasteiger partial charge in [-0.15, -0.1) is 0 Å². The third-order valence-electron chi connectivity index (χ3n) is 5.21. The molecule has 2 aromatic rings. The largest absolute Gasteiger partial charge is 0.490 e. The Morgan fingerprint density at radius 3 is 2.96 bits per heavy atom. The fourth-order valence-corrected chi connectivity index (χ4v) is 3.66. The van der Waals surface area contributed by atoms with Crippen LogP contribution in [-0.4, -0.2) is 33.5 Å². The number of pyridine rings is 1. The number of nitrogens with zero attached hydrogens (tertiary/aromatic N) is 3. The number of hydrogen-bond donors (Lipinski definition) is 1. The van der Waals surface area contributed by atoms with Crippen molar-refractivity contribution in [3.05, 3.63) is 42.3 Å². The Morgan fingerprint density at radius 1 is 1.37 bits per heavy atom. The van der Waals surface area contributed by atoms with Crippen molar-refractivity contribution >= 4 is 11.0 Å². The number of rotatable bonds is 5. The molecule has 0 amide bonds. The maximum absolute atomic E-state index is 6.38. The van der Waals surface area contributed by atoms with E-state index in [9.17, 15) is 0 Å². The molecule has 1 aliphatic carbocycles. The molecule has 6 heteroatoms. The van der Waals surface area contributed by atoms with Crippen molar-refractivity contribution in [3.63, 3.8) is 0 Å². The van der Waals surface area contributed by atoms with Crippen molar-refractivity contribution in [2.75, 3.05) is 13.2 Å². The highest BCUT2D eigenvalue weighted by Crippen LogP contribution is 2.32. The number of aromatic nitrogens is 3. The highest BCUT2D eigenvalue weighted by atomic mass is 16.5. The van der Waals surface area contributed by atoms with Crippen LogP contribution < -0.4 is 10.5 Å². The van der Waals surface area contributed by atoms with Crippen molar-refractivity contribution in [1.82, 2.24) is 14.8 Å². The topological polar surface area (TPSA) is 75.2 Å². The van der Waals surface area contributed by atoms with E-state index >= 15 is 0 Å². The number of hydrogen-bond acceptors (Lipinski definition) is 5.